The Morgan fingerprint density at radius 1 is 1.17 bits per heavy atom. The highest BCUT2D eigenvalue weighted by Crippen LogP contribution is 2.37. The van der Waals surface area contributed by atoms with Crippen molar-refractivity contribution >= 4 is 17.3 Å². The Morgan fingerprint density at radius 3 is 2.73 bits per heavy atom. The van der Waals surface area contributed by atoms with E-state index in [4.69, 9.17) is 4.74 Å². The lowest BCUT2D eigenvalue weighted by Gasteiger charge is -2.24. The standard InChI is InChI=1S/C21H22F2N4O2S/c1-14-18(13-29-15-4-5-16(22)17(23)12-15)30-19(26-14)21(28)6-2-10-27(11-7-21)20-24-8-3-9-25-20/h3-5,8-9,12,28H,2,6-7,10-11,13H2,1H3/t21-/m1/s1. The van der Waals surface area contributed by atoms with Gasteiger partial charge in [-0.1, -0.05) is 0 Å². The molecule has 2 aromatic heterocycles. The van der Waals surface area contributed by atoms with Gasteiger partial charge < -0.3 is 14.7 Å². The third kappa shape index (κ3) is 4.41. The van der Waals surface area contributed by atoms with Gasteiger partial charge in [0.25, 0.3) is 0 Å². The summed E-state index contributed by atoms with van der Waals surface area (Å²) in [5, 5.41) is 12.0. The number of aliphatic hydroxyl groups is 1. The van der Waals surface area contributed by atoms with Gasteiger partial charge in [0.1, 0.15) is 23.0 Å². The van der Waals surface area contributed by atoms with Crippen LogP contribution in [0.5, 0.6) is 5.75 Å². The predicted molar refractivity (Wildman–Crippen MR) is 110 cm³/mol. The van der Waals surface area contributed by atoms with E-state index in [0.717, 1.165) is 35.7 Å². The van der Waals surface area contributed by atoms with E-state index < -0.39 is 17.2 Å². The molecule has 6 nitrogen and oxygen atoms in total. The number of hydrogen-bond donors (Lipinski definition) is 1. The van der Waals surface area contributed by atoms with Gasteiger partial charge in [-0.15, -0.1) is 11.3 Å². The summed E-state index contributed by atoms with van der Waals surface area (Å²) in [6, 6.07) is 5.21. The molecule has 0 saturated carbocycles. The topological polar surface area (TPSA) is 71.4 Å². The monoisotopic (exact) mass is 432 g/mol. The first kappa shape index (κ1) is 20.6. The molecule has 1 atom stereocenters. The van der Waals surface area contributed by atoms with Crippen molar-refractivity contribution in [2.24, 2.45) is 0 Å². The summed E-state index contributed by atoms with van der Waals surface area (Å²) in [5.74, 6) is -0.953. The molecule has 1 saturated heterocycles. The molecular formula is C21H22F2N4O2S. The Hall–Kier alpha value is -2.65. The lowest BCUT2D eigenvalue weighted by Crippen LogP contribution is -2.30. The molecule has 1 aliphatic heterocycles. The maximum atomic E-state index is 13.4. The Kier molecular flexibility index (Phi) is 5.92. The van der Waals surface area contributed by atoms with Gasteiger partial charge >= 0.3 is 0 Å². The number of benzene rings is 1. The van der Waals surface area contributed by atoms with Crippen molar-refractivity contribution in [1.29, 1.82) is 0 Å². The Morgan fingerprint density at radius 2 is 1.97 bits per heavy atom. The first-order valence-corrected chi connectivity index (χ1v) is 10.6. The second kappa shape index (κ2) is 8.61. The summed E-state index contributed by atoms with van der Waals surface area (Å²) < 4.78 is 32.0. The molecule has 30 heavy (non-hydrogen) atoms. The molecule has 3 heterocycles. The lowest BCUT2D eigenvalue weighted by molar-refractivity contribution is 0.0241. The normalized spacial score (nSPS) is 19.5. The van der Waals surface area contributed by atoms with Gasteiger partial charge in [-0.25, -0.2) is 23.7 Å². The molecule has 1 N–H and O–H groups in total. The van der Waals surface area contributed by atoms with Gasteiger partial charge in [0.2, 0.25) is 5.95 Å². The summed E-state index contributed by atoms with van der Waals surface area (Å²) in [4.78, 5) is 16.1. The third-order valence-corrected chi connectivity index (χ3v) is 6.52. The predicted octanol–water partition coefficient (Wildman–Crippen LogP) is 3.98. The van der Waals surface area contributed by atoms with Crippen LogP contribution in [0, 0.1) is 18.6 Å². The van der Waals surface area contributed by atoms with Crippen molar-refractivity contribution in [2.75, 3.05) is 18.0 Å². The Balaban J connectivity index is 1.45. The fourth-order valence-corrected chi connectivity index (χ4v) is 4.59. The fourth-order valence-electron chi connectivity index (χ4n) is 3.46. The van der Waals surface area contributed by atoms with E-state index in [2.05, 4.69) is 19.9 Å². The van der Waals surface area contributed by atoms with Gasteiger partial charge in [0.15, 0.2) is 11.6 Å². The maximum absolute atomic E-state index is 13.4. The highest BCUT2D eigenvalue weighted by molar-refractivity contribution is 7.11. The average Bonchev–Trinajstić information content (AvgIpc) is 3.01. The van der Waals surface area contributed by atoms with Crippen molar-refractivity contribution in [3.05, 3.63) is 63.9 Å². The van der Waals surface area contributed by atoms with E-state index in [0.29, 0.717) is 30.3 Å². The number of ether oxygens (including phenoxy) is 1. The number of rotatable bonds is 5. The molecule has 1 fully saturated rings. The first-order valence-electron chi connectivity index (χ1n) is 9.73. The molecule has 158 valence electrons. The van der Waals surface area contributed by atoms with Gasteiger partial charge in [0, 0.05) is 38.0 Å². The van der Waals surface area contributed by atoms with Crippen molar-refractivity contribution in [1.82, 2.24) is 15.0 Å². The molecule has 9 heteroatoms. The first-order chi connectivity index (χ1) is 14.4. The van der Waals surface area contributed by atoms with Crippen LogP contribution in [0.3, 0.4) is 0 Å². The van der Waals surface area contributed by atoms with E-state index in [9.17, 15) is 13.9 Å². The number of hydrogen-bond acceptors (Lipinski definition) is 7. The van der Waals surface area contributed by atoms with Crippen molar-refractivity contribution < 1.29 is 18.6 Å². The van der Waals surface area contributed by atoms with E-state index in [1.165, 1.54) is 17.4 Å². The minimum Gasteiger partial charge on any atom is -0.488 e. The van der Waals surface area contributed by atoms with Crippen molar-refractivity contribution in [3.8, 4) is 5.75 Å². The SMILES string of the molecule is Cc1nc([C@@]2(O)CCCN(c3ncccn3)CC2)sc1COc1ccc(F)c(F)c1. The summed E-state index contributed by atoms with van der Waals surface area (Å²) in [5.41, 5.74) is -0.266. The van der Waals surface area contributed by atoms with E-state index in [1.54, 1.807) is 18.5 Å². The summed E-state index contributed by atoms with van der Waals surface area (Å²) in [6.07, 6.45) is 5.31. The van der Waals surface area contributed by atoms with E-state index in [-0.39, 0.29) is 12.4 Å². The van der Waals surface area contributed by atoms with Crippen LogP contribution in [0.1, 0.15) is 34.8 Å². The molecular weight excluding hydrogens is 410 g/mol. The zero-order valence-corrected chi connectivity index (χ0v) is 17.3. The zero-order valence-electron chi connectivity index (χ0n) is 16.5. The highest BCUT2D eigenvalue weighted by Gasteiger charge is 2.36. The molecule has 0 aliphatic carbocycles. The molecule has 0 amide bonds. The quantitative estimate of drug-likeness (QED) is 0.658. The highest BCUT2D eigenvalue weighted by atomic mass is 32.1. The smallest absolute Gasteiger partial charge is 0.225 e. The lowest BCUT2D eigenvalue weighted by atomic mass is 9.96. The van der Waals surface area contributed by atoms with Gasteiger partial charge in [-0.05, 0) is 38.0 Å². The number of halogens is 2. The largest absolute Gasteiger partial charge is 0.488 e. The minimum atomic E-state index is -1.03. The summed E-state index contributed by atoms with van der Waals surface area (Å²) in [7, 11) is 0. The van der Waals surface area contributed by atoms with Crippen LogP contribution >= 0.6 is 11.3 Å². The second-order valence-electron chi connectivity index (χ2n) is 7.31. The summed E-state index contributed by atoms with van der Waals surface area (Å²) >= 11 is 1.39. The van der Waals surface area contributed by atoms with Gasteiger partial charge in [-0.2, -0.15) is 0 Å². The van der Waals surface area contributed by atoms with E-state index in [1.807, 2.05) is 6.92 Å². The minimum absolute atomic E-state index is 0.175. The number of anilines is 1. The van der Waals surface area contributed by atoms with Gasteiger partial charge in [0.05, 0.1) is 10.6 Å². The van der Waals surface area contributed by atoms with Crippen LogP contribution in [-0.4, -0.2) is 33.1 Å². The Labute approximate surface area is 177 Å². The molecule has 1 aliphatic rings. The number of aryl methyl sites for hydroxylation is 1. The molecule has 0 radical (unpaired) electrons. The second-order valence-corrected chi connectivity index (χ2v) is 8.40. The average molecular weight is 432 g/mol. The van der Waals surface area contributed by atoms with Crippen LogP contribution in [-0.2, 0) is 12.2 Å². The van der Waals surface area contributed by atoms with Crippen molar-refractivity contribution in [2.45, 2.75) is 38.4 Å². The van der Waals surface area contributed by atoms with Gasteiger partial charge in [-0.3, -0.25) is 0 Å². The molecule has 0 bridgehead atoms. The molecule has 1 aromatic carbocycles. The van der Waals surface area contributed by atoms with Crippen molar-refractivity contribution in [3.63, 3.8) is 0 Å². The van der Waals surface area contributed by atoms with E-state index >= 15 is 0 Å². The maximum Gasteiger partial charge on any atom is 0.225 e. The van der Waals surface area contributed by atoms with Crippen LogP contribution in [0.25, 0.3) is 0 Å². The Bertz CT molecular complexity index is 1020. The molecule has 4 rings (SSSR count). The molecule has 3 aromatic rings. The number of aromatic nitrogens is 3. The van der Waals surface area contributed by atoms with Crippen LogP contribution < -0.4 is 9.64 Å². The summed E-state index contributed by atoms with van der Waals surface area (Å²) in [6.45, 7) is 3.42. The van der Waals surface area contributed by atoms with Crippen LogP contribution in [0.2, 0.25) is 0 Å². The third-order valence-electron chi connectivity index (χ3n) is 5.20. The number of thiazole rings is 1. The molecule has 0 spiro atoms. The van der Waals surface area contributed by atoms with Crippen LogP contribution in [0.4, 0.5) is 14.7 Å². The number of nitrogens with zero attached hydrogens (tertiary/aromatic N) is 4. The fraction of sp³-hybridized carbons (Fsp3) is 0.381. The van der Waals surface area contributed by atoms with Crippen LogP contribution in [0.15, 0.2) is 36.7 Å². The molecule has 0 unspecified atom stereocenters. The zero-order chi connectivity index (χ0) is 21.1.